The van der Waals surface area contributed by atoms with Crippen LogP contribution in [0.2, 0.25) is 0 Å². The van der Waals surface area contributed by atoms with Crippen LogP contribution in [0.4, 0.5) is 5.95 Å². The highest BCUT2D eigenvalue weighted by molar-refractivity contribution is 5.27. The Balaban J connectivity index is 2.06. The molecule has 0 saturated heterocycles. The van der Waals surface area contributed by atoms with Gasteiger partial charge in [-0.05, 0) is 13.8 Å². The molecule has 0 aliphatic carbocycles. The van der Waals surface area contributed by atoms with E-state index in [2.05, 4.69) is 30.5 Å². The summed E-state index contributed by atoms with van der Waals surface area (Å²) in [5.74, 6) is 5.73. The van der Waals surface area contributed by atoms with Crippen LogP contribution in [0.5, 0.6) is 6.01 Å². The van der Waals surface area contributed by atoms with Crippen molar-refractivity contribution in [2.45, 2.75) is 20.0 Å². The smallest absolute Gasteiger partial charge is 0.323 e. The molecule has 2 aromatic heterocycles. The fraction of sp³-hybridized carbons (Fsp3) is 0.500. The molecule has 2 rings (SSSR count). The van der Waals surface area contributed by atoms with Crippen molar-refractivity contribution in [3.63, 3.8) is 0 Å². The van der Waals surface area contributed by atoms with Crippen LogP contribution >= 0.6 is 0 Å². The summed E-state index contributed by atoms with van der Waals surface area (Å²) in [5, 5.41) is 3.93. The largest absolute Gasteiger partial charge is 0.461 e. The molecule has 0 radical (unpaired) electrons. The van der Waals surface area contributed by atoms with Gasteiger partial charge in [0.2, 0.25) is 5.95 Å². The Labute approximate surface area is 115 Å². The highest BCUT2D eigenvalue weighted by atomic mass is 16.5. The van der Waals surface area contributed by atoms with Gasteiger partial charge in [0, 0.05) is 0 Å². The third kappa shape index (κ3) is 3.83. The number of rotatable bonds is 7. The van der Waals surface area contributed by atoms with Crippen LogP contribution in [-0.4, -0.2) is 49.0 Å². The molecule has 10 nitrogen and oxygen atoms in total. The highest BCUT2D eigenvalue weighted by Crippen LogP contribution is 2.09. The van der Waals surface area contributed by atoms with Crippen molar-refractivity contribution in [1.29, 1.82) is 0 Å². The van der Waals surface area contributed by atoms with Gasteiger partial charge in [0.1, 0.15) is 19.3 Å². The summed E-state index contributed by atoms with van der Waals surface area (Å²) in [6.07, 6.45) is 2.97. The number of nitrogens with zero attached hydrogens (tertiary/aromatic N) is 6. The van der Waals surface area contributed by atoms with Crippen molar-refractivity contribution in [3.8, 4) is 12.0 Å². The van der Waals surface area contributed by atoms with Crippen molar-refractivity contribution < 1.29 is 9.47 Å². The van der Waals surface area contributed by atoms with Crippen LogP contribution in [0.3, 0.4) is 0 Å². The maximum atomic E-state index is 5.39. The molecule has 0 atom stereocenters. The van der Waals surface area contributed by atoms with Gasteiger partial charge in [-0.15, -0.1) is 0 Å². The number of ether oxygens (including phenoxy) is 2. The fourth-order valence-corrected chi connectivity index (χ4v) is 1.31. The SMILES string of the molecule is CC(C)OCCOc1nc(NN)nc(-n2cncn2)n1. The Morgan fingerprint density at radius 2 is 2.15 bits per heavy atom. The van der Waals surface area contributed by atoms with Crippen molar-refractivity contribution in [2.75, 3.05) is 18.6 Å². The molecule has 0 fully saturated rings. The first-order valence-corrected chi connectivity index (χ1v) is 6.01. The van der Waals surface area contributed by atoms with Gasteiger partial charge < -0.3 is 9.47 Å². The second-order valence-corrected chi connectivity index (χ2v) is 3.99. The number of anilines is 1. The van der Waals surface area contributed by atoms with Crippen LogP contribution < -0.4 is 16.0 Å². The minimum Gasteiger partial charge on any atom is -0.461 e. The molecule has 0 aromatic carbocycles. The number of nitrogens with one attached hydrogen (secondary N) is 1. The summed E-state index contributed by atoms with van der Waals surface area (Å²) in [6, 6.07) is 0.130. The van der Waals surface area contributed by atoms with Gasteiger partial charge in [0.05, 0.1) is 12.7 Å². The Kier molecular flexibility index (Phi) is 4.74. The zero-order chi connectivity index (χ0) is 14.4. The van der Waals surface area contributed by atoms with Gasteiger partial charge in [-0.1, -0.05) is 0 Å². The van der Waals surface area contributed by atoms with E-state index in [1.54, 1.807) is 0 Å². The van der Waals surface area contributed by atoms with Crippen molar-refractivity contribution in [1.82, 2.24) is 29.7 Å². The first-order chi connectivity index (χ1) is 9.69. The number of hydrazine groups is 1. The van der Waals surface area contributed by atoms with E-state index in [1.165, 1.54) is 17.3 Å². The summed E-state index contributed by atoms with van der Waals surface area (Å²) in [5.41, 5.74) is 2.34. The molecular formula is C10H16N8O2. The predicted molar refractivity (Wildman–Crippen MR) is 69.1 cm³/mol. The quantitative estimate of drug-likeness (QED) is 0.393. The lowest BCUT2D eigenvalue weighted by atomic mass is 10.5. The zero-order valence-electron chi connectivity index (χ0n) is 11.2. The van der Waals surface area contributed by atoms with Gasteiger partial charge in [-0.2, -0.15) is 24.7 Å². The minimum absolute atomic E-state index is 0.130. The molecular weight excluding hydrogens is 264 g/mol. The predicted octanol–water partition coefficient (Wildman–Crippen LogP) is -0.458. The van der Waals surface area contributed by atoms with Crippen molar-refractivity contribution in [2.24, 2.45) is 5.84 Å². The van der Waals surface area contributed by atoms with E-state index < -0.39 is 0 Å². The minimum atomic E-state index is 0.130. The lowest BCUT2D eigenvalue weighted by Gasteiger charge is -2.09. The summed E-state index contributed by atoms with van der Waals surface area (Å²) in [6.45, 7) is 4.65. The third-order valence-electron chi connectivity index (χ3n) is 2.12. The molecule has 2 aromatic rings. The Hall–Kier alpha value is -2.33. The molecule has 0 aliphatic heterocycles. The van der Waals surface area contributed by atoms with Gasteiger partial charge in [0.15, 0.2) is 0 Å². The molecule has 2 heterocycles. The molecule has 0 unspecified atom stereocenters. The van der Waals surface area contributed by atoms with Crippen LogP contribution in [0.15, 0.2) is 12.7 Å². The highest BCUT2D eigenvalue weighted by Gasteiger charge is 2.09. The Morgan fingerprint density at radius 3 is 2.80 bits per heavy atom. The topological polar surface area (TPSA) is 126 Å². The maximum Gasteiger partial charge on any atom is 0.323 e. The van der Waals surface area contributed by atoms with Crippen molar-refractivity contribution >= 4 is 5.95 Å². The molecule has 108 valence electrons. The molecule has 3 N–H and O–H groups in total. The van der Waals surface area contributed by atoms with E-state index in [0.29, 0.717) is 13.2 Å². The Bertz CT molecular complexity index is 530. The van der Waals surface area contributed by atoms with E-state index in [1.807, 2.05) is 13.8 Å². The summed E-state index contributed by atoms with van der Waals surface area (Å²) < 4.78 is 12.1. The maximum absolute atomic E-state index is 5.39. The van der Waals surface area contributed by atoms with E-state index in [4.69, 9.17) is 15.3 Å². The molecule has 0 bridgehead atoms. The van der Waals surface area contributed by atoms with E-state index in [0.717, 1.165) is 0 Å². The van der Waals surface area contributed by atoms with Crippen LogP contribution in [0.1, 0.15) is 13.8 Å². The van der Waals surface area contributed by atoms with Crippen LogP contribution in [-0.2, 0) is 4.74 Å². The Morgan fingerprint density at radius 1 is 1.30 bits per heavy atom. The van der Waals surface area contributed by atoms with Gasteiger partial charge in [-0.3, -0.25) is 5.43 Å². The monoisotopic (exact) mass is 280 g/mol. The summed E-state index contributed by atoms with van der Waals surface area (Å²) >= 11 is 0. The molecule has 0 amide bonds. The average molecular weight is 280 g/mol. The van der Waals surface area contributed by atoms with E-state index in [9.17, 15) is 0 Å². The van der Waals surface area contributed by atoms with Gasteiger partial charge in [0.25, 0.3) is 5.95 Å². The fourth-order valence-electron chi connectivity index (χ4n) is 1.31. The standard InChI is InChI=1S/C10H16N8O2/c1-7(2)19-3-4-20-10-15-8(17-11)14-9(16-10)18-6-12-5-13-18/h5-7H,3-4,11H2,1-2H3,(H,14,15,16,17). The van der Waals surface area contributed by atoms with Gasteiger partial charge in [-0.25, -0.2) is 10.8 Å². The number of hydrogen-bond acceptors (Lipinski definition) is 9. The van der Waals surface area contributed by atoms with Gasteiger partial charge >= 0.3 is 6.01 Å². The van der Waals surface area contributed by atoms with Crippen LogP contribution in [0, 0.1) is 0 Å². The number of nitrogens with two attached hydrogens (primary N) is 1. The molecule has 0 spiro atoms. The third-order valence-corrected chi connectivity index (χ3v) is 2.12. The first kappa shape index (κ1) is 14.1. The summed E-state index contributed by atoms with van der Waals surface area (Å²) in [7, 11) is 0. The molecule has 0 aliphatic rings. The lowest BCUT2D eigenvalue weighted by Crippen LogP contribution is -2.17. The second kappa shape index (κ2) is 6.73. The number of aromatic nitrogens is 6. The van der Waals surface area contributed by atoms with Crippen molar-refractivity contribution in [3.05, 3.63) is 12.7 Å². The molecule has 20 heavy (non-hydrogen) atoms. The molecule has 0 saturated carbocycles. The number of nitrogen functional groups attached to an aromatic ring is 1. The van der Waals surface area contributed by atoms with Crippen LogP contribution in [0.25, 0.3) is 5.95 Å². The summed E-state index contributed by atoms with van der Waals surface area (Å²) in [4.78, 5) is 15.9. The first-order valence-electron chi connectivity index (χ1n) is 6.01. The zero-order valence-corrected chi connectivity index (χ0v) is 11.2. The van der Waals surface area contributed by atoms with E-state index in [-0.39, 0.29) is 24.0 Å². The van der Waals surface area contributed by atoms with E-state index >= 15 is 0 Å². The lowest BCUT2D eigenvalue weighted by molar-refractivity contribution is 0.0531. The number of hydrogen-bond donors (Lipinski definition) is 2. The molecule has 10 heteroatoms. The average Bonchev–Trinajstić information content (AvgIpc) is 2.97. The normalized spacial score (nSPS) is 10.8. The second-order valence-electron chi connectivity index (χ2n) is 3.99.